The molecule has 0 aliphatic heterocycles. The first-order valence-electron chi connectivity index (χ1n) is 22.6. The lowest BCUT2D eigenvalue weighted by Crippen LogP contribution is -2.11. The minimum absolute atomic E-state index is 0.00226. The fourth-order valence-electron chi connectivity index (χ4n) is 10.2. The van der Waals surface area contributed by atoms with Crippen molar-refractivity contribution in [2.24, 2.45) is 0 Å². The molecule has 0 aliphatic carbocycles. The fourth-order valence-corrected chi connectivity index (χ4v) is 10.2. The molecule has 0 amide bonds. The number of fused-ring (bicyclic) bond motifs is 12. The lowest BCUT2D eigenvalue weighted by atomic mass is 9.87. The Morgan fingerprint density at radius 1 is 0.328 bits per heavy atom. The van der Waals surface area contributed by atoms with Gasteiger partial charge < -0.3 is 13.7 Å². The van der Waals surface area contributed by atoms with Crippen molar-refractivity contribution in [1.29, 1.82) is 0 Å². The number of rotatable bonds is 4. The Kier molecular flexibility index (Phi) is 8.76. The Morgan fingerprint density at radius 2 is 0.656 bits per heavy atom. The Hall–Kier alpha value is -6.91. The predicted octanol–water partition coefficient (Wildman–Crippen LogP) is 16.7. The summed E-state index contributed by atoms with van der Waals surface area (Å²) in [5, 5.41) is 7.15. The van der Waals surface area contributed by atoms with Crippen LogP contribution in [0.2, 0.25) is 0 Å². The van der Waals surface area contributed by atoms with Crippen molar-refractivity contribution < 1.29 is 4.39 Å². The van der Waals surface area contributed by atoms with E-state index in [0.717, 1.165) is 61.2 Å². The standard InChI is InChI=1S/C60H54FN3/c1-58(2,3)39-21-29-43(30-22-39)62-49-16-12-10-14-46(49)53-55(62)52-47-15-11-13-17-50(47)63(44-31-23-40(24-32-44)59(4,5)6)56(52)54-48-36-38(37-18-27-42(61)28-19-37)20-35-51(48)64(57(53)54)45-33-25-41(26-34-45)60(7,8)9/h10-36H,1-9H3. The third-order valence-corrected chi connectivity index (χ3v) is 13.6. The van der Waals surface area contributed by atoms with Crippen LogP contribution in [-0.2, 0) is 16.2 Å². The topological polar surface area (TPSA) is 14.8 Å². The number of hydrogen-bond acceptors (Lipinski definition) is 0. The number of hydrogen-bond donors (Lipinski definition) is 0. The highest BCUT2D eigenvalue weighted by molar-refractivity contribution is 6.40. The summed E-state index contributed by atoms with van der Waals surface area (Å²) in [7, 11) is 0. The van der Waals surface area contributed by atoms with Gasteiger partial charge in [0, 0.05) is 49.4 Å². The average Bonchev–Trinajstić information content (AvgIpc) is 3.91. The van der Waals surface area contributed by atoms with Crippen LogP contribution in [-0.4, -0.2) is 13.7 Å². The van der Waals surface area contributed by atoms with E-state index in [1.165, 1.54) is 49.1 Å². The Bertz CT molecular complexity index is 3570. The van der Waals surface area contributed by atoms with Gasteiger partial charge in [-0.15, -0.1) is 0 Å². The van der Waals surface area contributed by atoms with E-state index in [4.69, 9.17) is 0 Å². The van der Waals surface area contributed by atoms with Gasteiger partial charge in [0.1, 0.15) is 5.82 Å². The summed E-state index contributed by atoms with van der Waals surface area (Å²) >= 11 is 0. The zero-order valence-corrected chi connectivity index (χ0v) is 38.3. The molecule has 3 nitrogen and oxygen atoms in total. The second kappa shape index (κ2) is 14.0. The SMILES string of the molecule is CC(C)(C)c1ccc(-n2c3ccccc3c3c2c2c4ccccc4n(-c4ccc(C(C)(C)C)cc4)c2c2c4cc(-c5ccc(F)cc5)ccc4n(-c4ccc(C(C)(C)C)cc4)c32)cc1. The monoisotopic (exact) mass is 835 g/mol. The van der Waals surface area contributed by atoms with Crippen LogP contribution in [0.25, 0.3) is 93.6 Å². The highest BCUT2D eigenvalue weighted by atomic mass is 19.1. The zero-order valence-electron chi connectivity index (χ0n) is 38.3. The first kappa shape index (κ1) is 39.9. The largest absolute Gasteiger partial charge is 0.308 e. The second-order valence-electron chi connectivity index (χ2n) is 20.8. The summed E-state index contributed by atoms with van der Waals surface area (Å²) < 4.78 is 21.9. The van der Waals surface area contributed by atoms with Crippen molar-refractivity contribution >= 4 is 65.4 Å². The van der Waals surface area contributed by atoms with Crippen molar-refractivity contribution in [2.45, 2.75) is 78.6 Å². The molecular weight excluding hydrogens is 782 g/mol. The van der Waals surface area contributed by atoms with E-state index in [-0.39, 0.29) is 22.1 Å². The lowest BCUT2D eigenvalue weighted by Gasteiger charge is -2.20. The molecule has 0 atom stereocenters. The molecule has 0 saturated carbocycles. The van der Waals surface area contributed by atoms with Crippen molar-refractivity contribution in [3.8, 4) is 28.2 Å². The number of benzene rings is 8. The Morgan fingerprint density at radius 3 is 1.03 bits per heavy atom. The smallest absolute Gasteiger partial charge is 0.123 e. The van der Waals surface area contributed by atoms with Crippen LogP contribution in [0.1, 0.15) is 79.0 Å². The summed E-state index contributed by atoms with van der Waals surface area (Å²) in [6, 6.07) is 59.2. The molecule has 0 radical (unpaired) electrons. The third-order valence-electron chi connectivity index (χ3n) is 13.6. The highest BCUT2D eigenvalue weighted by Crippen LogP contribution is 2.51. The molecule has 0 N–H and O–H groups in total. The molecule has 11 aromatic rings. The van der Waals surface area contributed by atoms with Crippen LogP contribution in [0.3, 0.4) is 0 Å². The number of aromatic nitrogens is 3. The Balaban J connectivity index is 1.42. The predicted molar refractivity (Wildman–Crippen MR) is 271 cm³/mol. The summed E-state index contributed by atoms with van der Waals surface area (Å²) in [6.45, 7) is 20.5. The van der Waals surface area contributed by atoms with E-state index in [2.05, 4.69) is 216 Å². The molecule has 4 heteroatoms. The van der Waals surface area contributed by atoms with Crippen molar-refractivity contribution in [3.05, 3.63) is 186 Å². The van der Waals surface area contributed by atoms with Crippen LogP contribution in [0.5, 0.6) is 0 Å². The van der Waals surface area contributed by atoms with E-state index in [0.29, 0.717) is 0 Å². The van der Waals surface area contributed by atoms with E-state index in [1.807, 2.05) is 12.1 Å². The molecule has 8 aromatic carbocycles. The molecule has 0 saturated heterocycles. The normalized spacial score (nSPS) is 12.8. The van der Waals surface area contributed by atoms with Crippen LogP contribution in [0.15, 0.2) is 164 Å². The Labute approximate surface area is 375 Å². The minimum atomic E-state index is -0.240. The van der Waals surface area contributed by atoms with E-state index in [9.17, 15) is 4.39 Å². The van der Waals surface area contributed by atoms with Gasteiger partial charge in [0.2, 0.25) is 0 Å². The molecule has 0 unspecified atom stereocenters. The highest BCUT2D eigenvalue weighted by Gasteiger charge is 2.30. The second-order valence-corrected chi connectivity index (χ2v) is 20.8. The molecule has 64 heavy (non-hydrogen) atoms. The molecule has 0 aliphatic rings. The summed E-state index contributed by atoms with van der Waals surface area (Å²) in [5.41, 5.74) is 16.2. The van der Waals surface area contributed by atoms with Crippen molar-refractivity contribution in [2.75, 3.05) is 0 Å². The zero-order chi connectivity index (χ0) is 44.4. The molecule has 0 spiro atoms. The maximum atomic E-state index is 14.4. The van der Waals surface area contributed by atoms with Gasteiger partial charge in [0.05, 0.1) is 33.1 Å². The van der Waals surface area contributed by atoms with Gasteiger partial charge in [0.25, 0.3) is 0 Å². The third kappa shape index (κ3) is 6.13. The molecule has 3 heterocycles. The molecule has 3 aromatic heterocycles. The van der Waals surface area contributed by atoms with Gasteiger partial charge in [-0.05, 0) is 117 Å². The van der Waals surface area contributed by atoms with Gasteiger partial charge >= 0.3 is 0 Å². The minimum Gasteiger partial charge on any atom is -0.308 e. The van der Waals surface area contributed by atoms with E-state index in [1.54, 1.807) is 12.1 Å². The molecule has 11 rings (SSSR count). The van der Waals surface area contributed by atoms with E-state index >= 15 is 0 Å². The molecular formula is C60H54FN3. The molecule has 0 bridgehead atoms. The van der Waals surface area contributed by atoms with Crippen LogP contribution >= 0.6 is 0 Å². The van der Waals surface area contributed by atoms with Gasteiger partial charge in [-0.2, -0.15) is 0 Å². The maximum absolute atomic E-state index is 14.4. The van der Waals surface area contributed by atoms with Gasteiger partial charge in [-0.25, -0.2) is 4.39 Å². The average molecular weight is 836 g/mol. The number of nitrogens with zero attached hydrogens (tertiary/aromatic N) is 3. The summed E-state index contributed by atoms with van der Waals surface area (Å²) in [6.07, 6.45) is 0. The lowest BCUT2D eigenvalue weighted by molar-refractivity contribution is 0.590. The van der Waals surface area contributed by atoms with Gasteiger partial charge in [-0.3, -0.25) is 0 Å². The summed E-state index contributed by atoms with van der Waals surface area (Å²) in [5.74, 6) is -0.240. The molecule has 0 fully saturated rings. The van der Waals surface area contributed by atoms with Gasteiger partial charge in [-0.1, -0.05) is 153 Å². The van der Waals surface area contributed by atoms with Crippen LogP contribution in [0.4, 0.5) is 4.39 Å². The van der Waals surface area contributed by atoms with Crippen molar-refractivity contribution in [3.63, 3.8) is 0 Å². The fraction of sp³-hybridized carbons (Fsp3) is 0.200. The number of halogens is 1. The first-order chi connectivity index (χ1) is 30.6. The number of para-hydroxylation sites is 2. The van der Waals surface area contributed by atoms with Crippen LogP contribution < -0.4 is 0 Å². The maximum Gasteiger partial charge on any atom is 0.123 e. The van der Waals surface area contributed by atoms with Gasteiger partial charge in [0.15, 0.2) is 0 Å². The molecule has 316 valence electrons. The first-order valence-corrected chi connectivity index (χ1v) is 22.6. The quantitative estimate of drug-likeness (QED) is 0.168. The van der Waals surface area contributed by atoms with Crippen molar-refractivity contribution in [1.82, 2.24) is 13.7 Å². The van der Waals surface area contributed by atoms with E-state index < -0.39 is 0 Å². The van der Waals surface area contributed by atoms with Crippen LogP contribution in [0, 0.1) is 5.82 Å². The summed E-state index contributed by atoms with van der Waals surface area (Å²) in [4.78, 5) is 0.